The molecule has 0 radical (unpaired) electrons. The van der Waals surface area contributed by atoms with Gasteiger partial charge in [0.2, 0.25) is 0 Å². The first-order valence-electron chi connectivity index (χ1n) is 6.87. The normalized spacial score (nSPS) is 36.7. The first-order valence-corrected chi connectivity index (χ1v) is 8.31. The molecule has 0 aromatic heterocycles. The summed E-state index contributed by atoms with van der Waals surface area (Å²) in [5.41, 5.74) is -5.94. The van der Waals surface area contributed by atoms with E-state index in [4.69, 9.17) is 13.0 Å². The quantitative estimate of drug-likeness (QED) is 0.220. The van der Waals surface area contributed by atoms with Gasteiger partial charge in [-0.15, -0.1) is 0 Å². The number of carbonyl (C=O) groups excluding carboxylic acids is 2. The highest BCUT2D eigenvalue weighted by atomic mass is 32.2. The number of rotatable bonds is 0. The highest BCUT2D eigenvalue weighted by Crippen LogP contribution is 2.68. The Balaban J connectivity index is 0.000000224. The number of halogens is 3. The van der Waals surface area contributed by atoms with Crippen LogP contribution in [0.2, 0.25) is 0 Å². The molecule has 2 aliphatic carbocycles. The molecule has 7 nitrogen and oxygen atoms in total. The van der Waals surface area contributed by atoms with E-state index in [-0.39, 0.29) is 28.6 Å². The standard InChI is InChI=1S/C12H15NO3.CHF3O3S/c1-11(2)6-4-5-12(11,3)8-7(6)9(14)13(16)10(8)15;2-1(3,4)8(5,6)7/h4-8,16H,1-3H3;(H,5,6,7). The second kappa shape index (κ2) is 5.02. The number of nitrogens with zero attached hydrogens (tertiary/aromatic N) is 1. The predicted octanol–water partition coefficient (Wildman–Crippen LogP) is 1.60. The van der Waals surface area contributed by atoms with Crippen molar-refractivity contribution in [2.24, 2.45) is 28.6 Å². The average molecular weight is 371 g/mol. The second-order valence-electron chi connectivity index (χ2n) is 6.80. The van der Waals surface area contributed by atoms with Gasteiger partial charge in [-0.2, -0.15) is 26.7 Å². The minimum absolute atomic E-state index is 0.0658. The molecule has 1 heterocycles. The van der Waals surface area contributed by atoms with Crippen LogP contribution in [0.5, 0.6) is 0 Å². The van der Waals surface area contributed by atoms with E-state index >= 15 is 0 Å². The van der Waals surface area contributed by atoms with Gasteiger partial charge in [-0.3, -0.25) is 19.3 Å². The van der Waals surface area contributed by atoms with Crippen LogP contribution >= 0.6 is 0 Å². The van der Waals surface area contributed by atoms with Crippen LogP contribution in [0.25, 0.3) is 0 Å². The van der Waals surface area contributed by atoms with E-state index in [1.54, 1.807) is 0 Å². The van der Waals surface area contributed by atoms with Crippen molar-refractivity contribution in [3.05, 3.63) is 12.2 Å². The lowest BCUT2D eigenvalue weighted by molar-refractivity contribution is -0.175. The molecule has 3 aliphatic rings. The molecule has 11 heteroatoms. The minimum atomic E-state index is -5.84. The summed E-state index contributed by atoms with van der Waals surface area (Å²) < 4.78 is 57.5. The molecule has 2 fully saturated rings. The maximum atomic E-state index is 11.9. The minimum Gasteiger partial charge on any atom is -0.279 e. The second-order valence-corrected chi connectivity index (χ2v) is 8.21. The molecule has 1 aliphatic heterocycles. The van der Waals surface area contributed by atoms with Gasteiger partial charge in [-0.25, -0.2) is 0 Å². The molecule has 136 valence electrons. The molecule has 0 spiro atoms. The molecular weight excluding hydrogens is 355 g/mol. The van der Waals surface area contributed by atoms with Gasteiger partial charge in [0, 0.05) is 5.41 Å². The first-order chi connectivity index (χ1) is 10.6. The first kappa shape index (κ1) is 18.9. The third kappa shape index (κ3) is 2.29. The number of amides is 2. The van der Waals surface area contributed by atoms with Crippen molar-refractivity contribution in [2.45, 2.75) is 26.3 Å². The Kier molecular flexibility index (Phi) is 3.95. The third-order valence-electron chi connectivity index (χ3n) is 5.52. The average Bonchev–Trinajstić information content (AvgIpc) is 2.84. The van der Waals surface area contributed by atoms with E-state index in [9.17, 15) is 28.0 Å². The molecule has 0 aromatic rings. The zero-order valence-electron chi connectivity index (χ0n) is 12.9. The zero-order chi connectivity index (χ0) is 18.9. The van der Waals surface area contributed by atoms with Gasteiger partial charge in [-0.1, -0.05) is 32.9 Å². The smallest absolute Gasteiger partial charge is 0.279 e. The summed E-state index contributed by atoms with van der Waals surface area (Å²) in [6.07, 6.45) is 4.08. The molecule has 4 atom stereocenters. The summed E-state index contributed by atoms with van der Waals surface area (Å²) in [5, 5.41) is 9.75. The van der Waals surface area contributed by atoms with Gasteiger partial charge >= 0.3 is 15.6 Å². The van der Waals surface area contributed by atoms with Crippen molar-refractivity contribution in [1.82, 2.24) is 5.06 Å². The summed E-state index contributed by atoms with van der Waals surface area (Å²) in [5.74, 6) is -1.54. The van der Waals surface area contributed by atoms with Crippen LogP contribution in [0.1, 0.15) is 20.8 Å². The summed E-state index contributed by atoms with van der Waals surface area (Å²) in [6.45, 7) is 6.20. The van der Waals surface area contributed by atoms with Crippen LogP contribution in [-0.4, -0.2) is 40.6 Å². The van der Waals surface area contributed by atoms with E-state index < -0.39 is 27.4 Å². The van der Waals surface area contributed by atoms with Gasteiger partial charge in [0.05, 0.1) is 11.8 Å². The molecule has 24 heavy (non-hydrogen) atoms. The Hall–Kier alpha value is -1.46. The van der Waals surface area contributed by atoms with Crippen LogP contribution in [0, 0.1) is 28.6 Å². The Labute approximate surface area is 135 Å². The Morgan fingerprint density at radius 3 is 2.00 bits per heavy atom. The molecular formula is C13H16F3NO6S. The molecule has 2 bridgehead atoms. The molecule has 1 saturated heterocycles. The van der Waals surface area contributed by atoms with Crippen molar-refractivity contribution in [3.8, 4) is 0 Å². The van der Waals surface area contributed by atoms with Crippen molar-refractivity contribution >= 4 is 21.9 Å². The number of carbonyl (C=O) groups is 2. The number of hydrogen-bond donors (Lipinski definition) is 2. The van der Waals surface area contributed by atoms with Crippen molar-refractivity contribution < 1.29 is 40.9 Å². The zero-order valence-corrected chi connectivity index (χ0v) is 13.7. The number of hydroxylamine groups is 2. The maximum Gasteiger partial charge on any atom is 0.522 e. The summed E-state index contributed by atoms with van der Waals surface area (Å²) in [6, 6.07) is 0. The largest absolute Gasteiger partial charge is 0.522 e. The fraction of sp³-hybridized carbons (Fsp3) is 0.692. The fourth-order valence-corrected chi connectivity index (χ4v) is 3.86. The fourth-order valence-electron chi connectivity index (χ4n) is 3.86. The molecule has 2 N–H and O–H groups in total. The molecule has 3 rings (SSSR count). The van der Waals surface area contributed by atoms with Gasteiger partial charge in [0.25, 0.3) is 11.8 Å². The van der Waals surface area contributed by atoms with Crippen LogP contribution in [0.15, 0.2) is 12.2 Å². The maximum absolute atomic E-state index is 11.9. The topological polar surface area (TPSA) is 112 Å². The molecule has 0 aromatic carbocycles. The highest BCUT2D eigenvalue weighted by Gasteiger charge is 2.72. The SMILES string of the molecule is CC1(C)C2C=CC1(C)C1C(=O)N(O)C(=O)C21.O=S(=O)(O)C(F)(F)F. The van der Waals surface area contributed by atoms with Gasteiger partial charge in [-0.05, 0) is 11.3 Å². The van der Waals surface area contributed by atoms with E-state index in [1.165, 1.54) is 0 Å². The number of allylic oxidation sites excluding steroid dienone is 2. The van der Waals surface area contributed by atoms with Crippen LogP contribution < -0.4 is 0 Å². The predicted molar refractivity (Wildman–Crippen MR) is 72.7 cm³/mol. The highest BCUT2D eigenvalue weighted by molar-refractivity contribution is 7.86. The van der Waals surface area contributed by atoms with Crippen LogP contribution in [0.3, 0.4) is 0 Å². The number of hydrogen-bond acceptors (Lipinski definition) is 5. The summed E-state index contributed by atoms with van der Waals surface area (Å²) >= 11 is 0. The molecule has 1 saturated carbocycles. The molecule has 2 amide bonds. The van der Waals surface area contributed by atoms with E-state index in [0.29, 0.717) is 5.06 Å². The number of imide groups is 1. The lowest BCUT2D eigenvalue weighted by atomic mass is 9.67. The van der Waals surface area contributed by atoms with E-state index in [0.717, 1.165) is 0 Å². The summed E-state index contributed by atoms with van der Waals surface area (Å²) in [4.78, 5) is 23.7. The van der Waals surface area contributed by atoms with Crippen molar-refractivity contribution in [3.63, 3.8) is 0 Å². The Morgan fingerprint density at radius 1 is 1.17 bits per heavy atom. The van der Waals surface area contributed by atoms with Crippen molar-refractivity contribution in [2.75, 3.05) is 0 Å². The van der Waals surface area contributed by atoms with E-state index in [2.05, 4.69) is 13.8 Å². The number of fused-ring (bicyclic) bond motifs is 5. The van der Waals surface area contributed by atoms with Gasteiger partial charge < -0.3 is 0 Å². The monoisotopic (exact) mass is 371 g/mol. The van der Waals surface area contributed by atoms with E-state index in [1.807, 2.05) is 19.1 Å². The number of alkyl halides is 3. The lowest BCUT2D eigenvalue weighted by Gasteiger charge is -2.37. The van der Waals surface area contributed by atoms with Crippen molar-refractivity contribution in [1.29, 1.82) is 0 Å². The summed E-state index contributed by atoms with van der Waals surface area (Å²) in [7, 11) is -5.84. The van der Waals surface area contributed by atoms with Crippen LogP contribution in [0.4, 0.5) is 13.2 Å². The Morgan fingerprint density at radius 2 is 1.62 bits per heavy atom. The van der Waals surface area contributed by atoms with Gasteiger partial charge in [0.15, 0.2) is 0 Å². The lowest BCUT2D eigenvalue weighted by Crippen LogP contribution is -2.39. The molecule has 4 unspecified atom stereocenters. The Bertz CT molecular complexity index is 728. The van der Waals surface area contributed by atoms with Gasteiger partial charge in [0.1, 0.15) is 0 Å². The third-order valence-corrected chi connectivity index (χ3v) is 6.11. The van der Waals surface area contributed by atoms with Crippen LogP contribution in [-0.2, 0) is 19.7 Å².